The molecule has 0 aliphatic carbocycles. The van der Waals surface area contributed by atoms with E-state index in [4.69, 9.17) is 4.74 Å². The van der Waals surface area contributed by atoms with Crippen molar-refractivity contribution in [3.8, 4) is 5.75 Å². The van der Waals surface area contributed by atoms with E-state index in [0.29, 0.717) is 6.54 Å². The number of fused-ring (bicyclic) bond motifs is 1. The Morgan fingerprint density at radius 2 is 2.17 bits per heavy atom. The van der Waals surface area contributed by atoms with Crippen LogP contribution in [0.4, 0.5) is 5.69 Å². The highest BCUT2D eigenvalue weighted by Crippen LogP contribution is 2.28. The topological polar surface area (TPSA) is 50.4 Å². The van der Waals surface area contributed by atoms with Crippen LogP contribution in [-0.2, 0) is 4.79 Å². The van der Waals surface area contributed by atoms with Crippen LogP contribution in [0.5, 0.6) is 5.75 Å². The van der Waals surface area contributed by atoms with Gasteiger partial charge >= 0.3 is 0 Å². The Bertz CT molecular complexity index is 416. The van der Waals surface area contributed by atoms with Crippen molar-refractivity contribution in [2.24, 2.45) is 0 Å². The Kier molecular flexibility index (Phi) is 4.07. The van der Waals surface area contributed by atoms with Gasteiger partial charge < -0.3 is 15.4 Å². The first-order chi connectivity index (χ1) is 8.74. The first kappa shape index (κ1) is 12.7. The standard InChI is InChI=1S/C14H20N2O2/c1-3-10(4-2)16-14(17)13-9-15-11-7-5-6-8-12(11)18-13/h5-8,10,13,15H,3-4,9H2,1-2H3,(H,16,17). The van der Waals surface area contributed by atoms with E-state index in [1.54, 1.807) is 0 Å². The van der Waals surface area contributed by atoms with Crippen molar-refractivity contribution >= 4 is 11.6 Å². The molecule has 1 aromatic carbocycles. The minimum atomic E-state index is -0.444. The van der Waals surface area contributed by atoms with Crippen LogP contribution < -0.4 is 15.4 Å². The van der Waals surface area contributed by atoms with Crippen LogP contribution in [-0.4, -0.2) is 24.6 Å². The summed E-state index contributed by atoms with van der Waals surface area (Å²) in [7, 11) is 0. The molecular formula is C14H20N2O2. The second-order valence-electron chi connectivity index (χ2n) is 4.51. The number of amides is 1. The fourth-order valence-corrected chi connectivity index (χ4v) is 2.05. The molecule has 0 saturated heterocycles. The number of hydrogen-bond donors (Lipinski definition) is 2. The lowest BCUT2D eigenvalue weighted by molar-refractivity contribution is -0.128. The lowest BCUT2D eigenvalue weighted by Crippen LogP contribution is -2.47. The number of benzene rings is 1. The molecule has 1 unspecified atom stereocenters. The molecule has 0 bridgehead atoms. The van der Waals surface area contributed by atoms with Crippen LogP contribution in [0.3, 0.4) is 0 Å². The molecule has 0 radical (unpaired) electrons. The van der Waals surface area contributed by atoms with Crippen molar-refractivity contribution in [1.29, 1.82) is 0 Å². The van der Waals surface area contributed by atoms with Crippen LogP contribution in [0.1, 0.15) is 26.7 Å². The zero-order chi connectivity index (χ0) is 13.0. The molecule has 1 aromatic rings. The summed E-state index contributed by atoms with van der Waals surface area (Å²) in [6.07, 6.45) is 1.44. The molecule has 2 rings (SSSR count). The Morgan fingerprint density at radius 1 is 1.44 bits per heavy atom. The monoisotopic (exact) mass is 248 g/mol. The molecule has 0 saturated carbocycles. The molecule has 1 aliphatic rings. The molecule has 98 valence electrons. The van der Waals surface area contributed by atoms with Gasteiger partial charge in [-0.25, -0.2) is 0 Å². The first-order valence-electron chi connectivity index (χ1n) is 6.54. The molecule has 0 spiro atoms. The summed E-state index contributed by atoms with van der Waals surface area (Å²) in [5, 5.41) is 6.23. The predicted octanol–water partition coefficient (Wildman–Crippen LogP) is 2.16. The number of anilines is 1. The molecule has 1 aliphatic heterocycles. The van der Waals surface area contributed by atoms with E-state index >= 15 is 0 Å². The molecule has 4 nitrogen and oxygen atoms in total. The van der Waals surface area contributed by atoms with Gasteiger partial charge in [-0.2, -0.15) is 0 Å². The smallest absolute Gasteiger partial charge is 0.263 e. The second-order valence-corrected chi connectivity index (χ2v) is 4.51. The summed E-state index contributed by atoms with van der Waals surface area (Å²) >= 11 is 0. The number of carbonyl (C=O) groups excluding carboxylic acids is 1. The van der Waals surface area contributed by atoms with Crippen LogP contribution >= 0.6 is 0 Å². The van der Waals surface area contributed by atoms with Gasteiger partial charge in [-0.05, 0) is 25.0 Å². The Hall–Kier alpha value is -1.71. The quantitative estimate of drug-likeness (QED) is 0.858. The van der Waals surface area contributed by atoms with Crippen molar-refractivity contribution in [1.82, 2.24) is 5.32 Å². The molecule has 18 heavy (non-hydrogen) atoms. The maximum absolute atomic E-state index is 12.1. The summed E-state index contributed by atoms with van der Waals surface area (Å²) < 4.78 is 5.71. The third kappa shape index (κ3) is 2.75. The SMILES string of the molecule is CCC(CC)NC(=O)C1CNc2ccccc2O1. The lowest BCUT2D eigenvalue weighted by Gasteiger charge is -2.27. The van der Waals surface area contributed by atoms with E-state index in [0.717, 1.165) is 24.3 Å². The van der Waals surface area contributed by atoms with Crippen LogP contribution in [0.25, 0.3) is 0 Å². The second kappa shape index (κ2) is 5.76. The largest absolute Gasteiger partial charge is 0.477 e. The number of hydrogen-bond acceptors (Lipinski definition) is 3. The first-order valence-corrected chi connectivity index (χ1v) is 6.54. The van der Waals surface area contributed by atoms with Gasteiger partial charge in [0.15, 0.2) is 6.10 Å². The molecule has 1 atom stereocenters. The number of para-hydroxylation sites is 2. The fourth-order valence-electron chi connectivity index (χ4n) is 2.05. The molecule has 4 heteroatoms. The lowest BCUT2D eigenvalue weighted by atomic mass is 10.1. The number of carbonyl (C=O) groups is 1. The Balaban J connectivity index is 1.98. The molecule has 2 N–H and O–H groups in total. The average molecular weight is 248 g/mol. The minimum Gasteiger partial charge on any atom is -0.477 e. The van der Waals surface area contributed by atoms with Gasteiger partial charge in [0.2, 0.25) is 0 Å². The highest BCUT2D eigenvalue weighted by atomic mass is 16.5. The van der Waals surface area contributed by atoms with Gasteiger partial charge in [0.1, 0.15) is 5.75 Å². The minimum absolute atomic E-state index is 0.0364. The summed E-state index contributed by atoms with van der Waals surface area (Å²) in [5.74, 6) is 0.708. The predicted molar refractivity (Wildman–Crippen MR) is 71.9 cm³/mol. The van der Waals surface area contributed by atoms with E-state index in [2.05, 4.69) is 24.5 Å². The molecule has 1 amide bonds. The van der Waals surface area contributed by atoms with Gasteiger partial charge in [0, 0.05) is 6.04 Å². The Labute approximate surface area is 108 Å². The summed E-state index contributed by atoms with van der Waals surface area (Å²) in [4.78, 5) is 12.1. The molecule has 1 heterocycles. The fraction of sp³-hybridized carbons (Fsp3) is 0.500. The molecular weight excluding hydrogens is 228 g/mol. The highest BCUT2D eigenvalue weighted by Gasteiger charge is 2.26. The van der Waals surface area contributed by atoms with Crippen molar-refractivity contribution in [3.05, 3.63) is 24.3 Å². The van der Waals surface area contributed by atoms with Gasteiger partial charge in [-0.1, -0.05) is 26.0 Å². The third-order valence-corrected chi connectivity index (χ3v) is 3.26. The zero-order valence-corrected chi connectivity index (χ0v) is 10.9. The Morgan fingerprint density at radius 3 is 2.89 bits per heavy atom. The maximum Gasteiger partial charge on any atom is 0.263 e. The van der Waals surface area contributed by atoms with Crippen LogP contribution in [0.15, 0.2) is 24.3 Å². The van der Waals surface area contributed by atoms with Crippen molar-refractivity contribution in [2.75, 3.05) is 11.9 Å². The summed E-state index contributed by atoms with van der Waals surface area (Å²) in [6.45, 7) is 4.66. The van der Waals surface area contributed by atoms with Crippen molar-refractivity contribution < 1.29 is 9.53 Å². The normalized spacial score (nSPS) is 17.6. The van der Waals surface area contributed by atoms with Crippen LogP contribution in [0, 0.1) is 0 Å². The van der Waals surface area contributed by atoms with Gasteiger partial charge in [-0.15, -0.1) is 0 Å². The maximum atomic E-state index is 12.1. The van der Waals surface area contributed by atoms with E-state index in [1.165, 1.54) is 0 Å². The van der Waals surface area contributed by atoms with Crippen LogP contribution in [0.2, 0.25) is 0 Å². The number of nitrogens with one attached hydrogen (secondary N) is 2. The van der Waals surface area contributed by atoms with E-state index < -0.39 is 6.10 Å². The summed E-state index contributed by atoms with van der Waals surface area (Å²) in [6, 6.07) is 7.91. The number of ether oxygens (including phenoxy) is 1. The third-order valence-electron chi connectivity index (χ3n) is 3.26. The average Bonchev–Trinajstić information content (AvgIpc) is 2.44. The van der Waals surface area contributed by atoms with Gasteiger partial charge in [0.05, 0.1) is 12.2 Å². The highest BCUT2D eigenvalue weighted by molar-refractivity contribution is 5.83. The van der Waals surface area contributed by atoms with Gasteiger partial charge in [-0.3, -0.25) is 4.79 Å². The van der Waals surface area contributed by atoms with Crippen molar-refractivity contribution in [2.45, 2.75) is 38.8 Å². The number of rotatable bonds is 4. The zero-order valence-electron chi connectivity index (χ0n) is 10.9. The van der Waals surface area contributed by atoms with Crippen molar-refractivity contribution in [3.63, 3.8) is 0 Å². The molecule has 0 aromatic heterocycles. The van der Waals surface area contributed by atoms with Gasteiger partial charge in [0.25, 0.3) is 5.91 Å². The van der Waals surface area contributed by atoms with E-state index in [1.807, 2.05) is 24.3 Å². The van der Waals surface area contributed by atoms with E-state index in [-0.39, 0.29) is 11.9 Å². The molecule has 0 fully saturated rings. The summed E-state index contributed by atoms with van der Waals surface area (Å²) in [5.41, 5.74) is 0.948. The van der Waals surface area contributed by atoms with E-state index in [9.17, 15) is 4.79 Å².